The summed E-state index contributed by atoms with van der Waals surface area (Å²) < 4.78 is 0. The van der Waals surface area contributed by atoms with Crippen molar-refractivity contribution < 1.29 is 4.79 Å². The lowest BCUT2D eigenvalue weighted by Crippen LogP contribution is -2.64. The summed E-state index contributed by atoms with van der Waals surface area (Å²) in [6.07, 6.45) is 0. The molecule has 3 N–H and O–H groups in total. The zero-order valence-corrected chi connectivity index (χ0v) is 6.83. The number of carbonyl (C=O) groups is 1. The van der Waals surface area contributed by atoms with Crippen molar-refractivity contribution in [3.05, 3.63) is 0 Å². The number of nitrogens with one attached hydrogen (secondary N) is 1. The zero-order valence-electron chi connectivity index (χ0n) is 6.02. The Morgan fingerprint density at radius 1 is 1.80 bits per heavy atom. The predicted octanol–water partition coefficient (Wildman–Crippen LogP) is -0.433. The highest BCUT2D eigenvalue weighted by molar-refractivity contribution is 8.01. The molecular weight excluding hydrogens is 148 g/mol. The number of hydrogen-bond donors (Lipinski definition) is 2. The van der Waals surface area contributed by atoms with Gasteiger partial charge in [-0.15, -0.1) is 0 Å². The molecule has 0 aliphatic carbocycles. The predicted molar refractivity (Wildman–Crippen MR) is 42.9 cm³/mol. The maximum absolute atomic E-state index is 10.8. The van der Waals surface area contributed by atoms with Gasteiger partial charge in [-0.2, -0.15) is 11.8 Å². The van der Waals surface area contributed by atoms with Gasteiger partial charge in [0.2, 0.25) is 5.91 Å². The van der Waals surface area contributed by atoms with Gasteiger partial charge in [-0.05, 0) is 6.54 Å². The maximum atomic E-state index is 10.8. The van der Waals surface area contributed by atoms with Crippen LogP contribution in [-0.4, -0.2) is 29.5 Å². The summed E-state index contributed by atoms with van der Waals surface area (Å²) in [5, 5.41) is 3.10. The number of likely N-dealkylation sites (N-methyl/N-ethyl adjacent to an activating group) is 1. The topological polar surface area (TPSA) is 55.1 Å². The van der Waals surface area contributed by atoms with Gasteiger partial charge in [-0.1, -0.05) is 6.92 Å². The molecule has 4 heteroatoms. The van der Waals surface area contributed by atoms with E-state index in [9.17, 15) is 4.79 Å². The summed E-state index contributed by atoms with van der Waals surface area (Å²) in [6.45, 7) is 2.79. The molecule has 0 radical (unpaired) electrons. The van der Waals surface area contributed by atoms with E-state index in [-0.39, 0.29) is 11.4 Å². The Bertz CT molecular complexity index is 145. The largest absolute Gasteiger partial charge is 0.368 e. The number of carbonyl (C=O) groups excluding carboxylic acids is 1. The molecule has 1 rings (SSSR count). The molecule has 0 unspecified atom stereocenters. The van der Waals surface area contributed by atoms with E-state index in [0.717, 1.165) is 18.1 Å². The Hall–Kier alpha value is -0.220. The molecule has 0 saturated carbocycles. The van der Waals surface area contributed by atoms with Gasteiger partial charge in [0.25, 0.3) is 0 Å². The Kier molecular flexibility index (Phi) is 2.21. The molecule has 0 aromatic carbocycles. The smallest absolute Gasteiger partial charge is 0.239 e. The van der Waals surface area contributed by atoms with Crippen molar-refractivity contribution in [1.82, 2.24) is 5.32 Å². The van der Waals surface area contributed by atoms with Crippen molar-refractivity contribution in [2.75, 3.05) is 18.1 Å². The lowest BCUT2D eigenvalue weighted by Gasteiger charge is -2.38. The highest BCUT2D eigenvalue weighted by Gasteiger charge is 2.42. The summed E-state index contributed by atoms with van der Waals surface area (Å²) >= 11 is 1.75. The Labute approximate surface area is 64.7 Å². The van der Waals surface area contributed by atoms with Gasteiger partial charge >= 0.3 is 0 Å². The Morgan fingerprint density at radius 2 is 2.40 bits per heavy atom. The highest BCUT2D eigenvalue weighted by Crippen LogP contribution is 2.28. The molecule has 0 spiro atoms. The summed E-state index contributed by atoms with van der Waals surface area (Å²) in [5.41, 5.74) is 4.83. The fraction of sp³-hybridized carbons (Fsp3) is 0.833. The highest BCUT2D eigenvalue weighted by atomic mass is 32.2. The molecule has 1 aliphatic rings. The van der Waals surface area contributed by atoms with Crippen molar-refractivity contribution in [2.45, 2.75) is 12.5 Å². The molecule has 10 heavy (non-hydrogen) atoms. The molecule has 1 amide bonds. The molecule has 0 atom stereocenters. The van der Waals surface area contributed by atoms with Gasteiger partial charge in [0.1, 0.15) is 5.54 Å². The Balaban J connectivity index is 2.50. The molecule has 1 aliphatic heterocycles. The van der Waals surface area contributed by atoms with E-state index in [1.54, 1.807) is 11.8 Å². The van der Waals surface area contributed by atoms with E-state index in [0.29, 0.717) is 0 Å². The zero-order chi connectivity index (χ0) is 7.61. The number of hydrogen-bond acceptors (Lipinski definition) is 3. The standard InChI is InChI=1S/C6H12N2OS/c1-2-8-6(5(7)9)3-10-4-6/h8H,2-4H2,1H3,(H2,7,9). The second kappa shape index (κ2) is 2.80. The van der Waals surface area contributed by atoms with E-state index in [1.165, 1.54) is 0 Å². The van der Waals surface area contributed by atoms with Crippen molar-refractivity contribution in [2.24, 2.45) is 5.73 Å². The fourth-order valence-corrected chi connectivity index (χ4v) is 2.08. The molecule has 1 saturated heterocycles. The Morgan fingerprint density at radius 3 is 2.50 bits per heavy atom. The minimum atomic E-state index is -0.376. The summed E-state index contributed by atoms with van der Waals surface area (Å²) in [4.78, 5) is 10.8. The van der Waals surface area contributed by atoms with Crippen LogP contribution in [0.4, 0.5) is 0 Å². The first-order valence-corrected chi connectivity index (χ1v) is 4.49. The maximum Gasteiger partial charge on any atom is 0.239 e. The van der Waals surface area contributed by atoms with E-state index in [1.807, 2.05) is 6.92 Å². The third-order valence-corrected chi connectivity index (χ3v) is 3.08. The van der Waals surface area contributed by atoms with Crippen LogP contribution in [0.3, 0.4) is 0 Å². The van der Waals surface area contributed by atoms with E-state index in [4.69, 9.17) is 5.73 Å². The van der Waals surface area contributed by atoms with Crippen LogP contribution in [0.1, 0.15) is 6.92 Å². The number of rotatable bonds is 3. The van der Waals surface area contributed by atoms with Crippen LogP contribution < -0.4 is 11.1 Å². The van der Waals surface area contributed by atoms with Crippen molar-refractivity contribution in [3.8, 4) is 0 Å². The number of primary amides is 1. The van der Waals surface area contributed by atoms with Crippen LogP contribution in [0.15, 0.2) is 0 Å². The molecule has 3 nitrogen and oxygen atoms in total. The first-order chi connectivity index (χ1) is 4.71. The fourth-order valence-electron chi connectivity index (χ4n) is 0.976. The monoisotopic (exact) mass is 160 g/mol. The summed E-state index contributed by atoms with van der Waals surface area (Å²) in [6, 6.07) is 0. The van der Waals surface area contributed by atoms with Gasteiger partial charge in [0.15, 0.2) is 0 Å². The number of nitrogens with two attached hydrogens (primary N) is 1. The molecular formula is C6H12N2OS. The molecule has 1 fully saturated rings. The van der Waals surface area contributed by atoms with Crippen LogP contribution in [0.5, 0.6) is 0 Å². The lowest BCUT2D eigenvalue weighted by atomic mass is 10.0. The second-order valence-electron chi connectivity index (χ2n) is 2.47. The number of amides is 1. The number of thioether (sulfide) groups is 1. The second-order valence-corrected chi connectivity index (χ2v) is 3.46. The third-order valence-electron chi connectivity index (χ3n) is 1.68. The minimum absolute atomic E-state index is 0.215. The van der Waals surface area contributed by atoms with Crippen LogP contribution in [0.2, 0.25) is 0 Å². The van der Waals surface area contributed by atoms with E-state index >= 15 is 0 Å². The van der Waals surface area contributed by atoms with Gasteiger partial charge in [-0.25, -0.2) is 0 Å². The van der Waals surface area contributed by atoms with Crippen LogP contribution in [-0.2, 0) is 4.79 Å². The first-order valence-electron chi connectivity index (χ1n) is 3.34. The van der Waals surface area contributed by atoms with Gasteiger partial charge in [0.05, 0.1) is 0 Å². The summed E-state index contributed by atoms with van der Waals surface area (Å²) in [5.74, 6) is 1.44. The minimum Gasteiger partial charge on any atom is -0.368 e. The molecule has 0 aromatic rings. The van der Waals surface area contributed by atoms with Crippen molar-refractivity contribution in [1.29, 1.82) is 0 Å². The SMILES string of the molecule is CCNC1(C(N)=O)CSC1. The molecule has 0 aromatic heterocycles. The molecule has 58 valence electrons. The summed E-state index contributed by atoms with van der Waals surface area (Å²) in [7, 11) is 0. The average molecular weight is 160 g/mol. The van der Waals surface area contributed by atoms with Crippen LogP contribution in [0, 0.1) is 0 Å². The third kappa shape index (κ3) is 1.13. The van der Waals surface area contributed by atoms with E-state index in [2.05, 4.69) is 5.32 Å². The van der Waals surface area contributed by atoms with Gasteiger partial charge in [-0.3, -0.25) is 4.79 Å². The quantitative estimate of drug-likeness (QED) is 0.589. The molecule has 1 heterocycles. The van der Waals surface area contributed by atoms with Gasteiger partial charge in [0, 0.05) is 11.5 Å². The van der Waals surface area contributed by atoms with E-state index < -0.39 is 0 Å². The normalized spacial score (nSPS) is 21.7. The van der Waals surface area contributed by atoms with Crippen molar-refractivity contribution in [3.63, 3.8) is 0 Å². The lowest BCUT2D eigenvalue weighted by molar-refractivity contribution is -0.123. The first kappa shape index (κ1) is 7.88. The van der Waals surface area contributed by atoms with Gasteiger partial charge < -0.3 is 11.1 Å². The van der Waals surface area contributed by atoms with Crippen LogP contribution >= 0.6 is 11.8 Å². The average Bonchev–Trinajstić information content (AvgIpc) is 1.77. The van der Waals surface area contributed by atoms with Crippen LogP contribution in [0.25, 0.3) is 0 Å². The van der Waals surface area contributed by atoms with Crippen molar-refractivity contribution >= 4 is 17.7 Å². The molecule has 0 bridgehead atoms.